The summed E-state index contributed by atoms with van der Waals surface area (Å²) in [5.41, 5.74) is 2.80. The molecular weight excluding hydrogens is 337 g/mol. The minimum atomic E-state index is -3.82. The van der Waals surface area contributed by atoms with Crippen LogP contribution in [-0.2, 0) is 10.2 Å². The summed E-state index contributed by atoms with van der Waals surface area (Å²) in [6.07, 6.45) is 5.93. The van der Waals surface area contributed by atoms with Crippen LogP contribution in [0.4, 0.5) is 0 Å². The Kier molecular flexibility index (Phi) is 4.93. The van der Waals surface area contributed by atoms with Gasteiger partial charge in [-0.05, 0) is 42.0 Å². The first-order valence-electron chi connectivity index (χ1n) is 8.45. The fraction of sp³-hybridized carbons (Fsp3) is 0.471. The summed E-state index contributed by atoms with van der Waals surface area (Å²) < 4.78 is 26.6. The van der Waals surface area contributed by atoms with E-state index in [4.69, 9.17) is 7.85 Å². The van der Waals surface area contributed by atoms with Crippen LogP contribution in [0.3, 0.4) is 0 Å². The van der Waals surface area contributed by atoms with Crippen LogP contribution in [0.15, 0.2) is 18.2 Å². The van der Waals surface area contributed by atoms with E-state index in [0.717, 1.165) is 33.6 Å². The van der Waals surface area contributed by atoms with Crippen LogP contribution in [0.5, 0.6) is 0 Å². The molecule has 0 aliphatic heterocycles. The summed E-state index contributed by atoms with van der Waals surface area (Å²) in [7, 11) is 5.10. The van der Waals surface area contributed by atoms with Crippen molar-refractivity contribution in [2.24, 2.45) is 0 Å². The van der Waals surface area contributed by atoms with E-state index in [1.54, 1.807) is 12.1 Å². The van der Waals surface area contributed by atoms with Crippen molar-refractivity contribution in [1.82, 2.24) is 14.0 Å². The second kappa shape index (κ2) is 6.84. The number of nitrogens with one attached hydrogen (secondary N) is 2. The second-order valence-corrected chi connectivity index (χ2v) is 8.65. The maximum Gasteiger partial charge on any atom is 0.303 e. The molecule has 2 aromatic rings. The van der Waals surface area contributed by atoms with Gasteiger partial charge in [0.05, 0.1) is 0 Å². The van der Waals surface area contributed by atoms with Crippen LogP contribution < -0.4 is 10.3 Å². The molecule has 8 heteroatoms. The van der Waals surface area contributed by atoms with E-state index in [-0.39, 0.29) is 5.56 Å². The molecule has 0 atom stereocenters. The van der Waals surface area contributed by atoms with Gasteiger partial charge >= 0.3 is 10.2 Å². The number of carbonyl (C=O) groups excluding carboxylic acids is 1. The van der Waals surface area contributed by atoms with Gasteiger partial charge in [0, 0.05) is 30.6 Å². The first kappa shape index (κ1) is 18.0. The van der Waals surface area contributed by atoms with E-state index in [0.29, 0.717) is 11.5 Å². The van der Waals surface area contributed by atoms with Crippen molar-refractivity contribution in [2.75, 3.05) is 14.1 Å². The van der Waals surface area contributed by atoms with Gasteiger partial charge in [0.25, 0.3) is 5.91 Å². The quantitative estimate of drug-likeness (QED) is 0.813. The summed E-state index contributed by atoms with van der Waals surface area (Å²) >= 11 is 0. The molecule has 0 bridgehead atoms. The monoisotopic (exact) mass is 359 g/mol. The molecule has 6 nitrogen and oxygen atoms in total. The number of nitrogens with zero attached hydrogens (tertiary/aromatic N) is 1. The highest BCUT2D eigenvalue weighted by Gasteiger charge is 2.22. The Bertz CT molecular complexity index is 899. The van der Waals surface area contributed by atoms with Gasteiger partial charge in [-0.2, -0.15) is 12.7 Å². The molecule has 1 fully saturated rings. The van der Waals surface area contributed by atoms with Gasteiger partial charge in [-0.25, -0.2) is 4.72 Å². The summed E-state index contributed by atoms with van der Waals surface area (Å²) in [6.45, 7) is 0. The number of amides is 1. The van der Waals surface area contributed by atoms with E-state index in [1.165, 1.54) is 33.4 Å². The molecule has 1 amide bonds. The number of rotatable bonds is 4. The summed E-state index contributed by atoms with van der Waals surface area (Å²) in [5, 5.41) is 1.01. The molecule has 1 aliphatic carbocycles. The maximum atomic E-state index is 12.2. The Labute approximate surface area is 149 Å². The lowest BCUT2D eigenvalue weighted by Crippen LogP contribution is -2.39. The first-order chi connectivity index (χ1) is 11.8. The van der Waals surface area contributed by atoms with Gasteiger partial charge in [0.15, 0.2) is 0 Å². The molecule has 1 saturated carbocycles. The van der Waals surface area contributed by atoms with Crippen molar-refractivity contribution in [1.29, 1.82) is 0 Å². The molecule has 1 aliphatic rings. The Balaban J connectivity index is 1.92. The molecule has 3 rings (SSSR count). The fourth-order valence-corrected chi connectivity index (χ4v) is 4.01. The third-order valence-electron chi connectivity index (χ3n) is 4.85. The Morgan fingerprint density at radius 1 is 1.24 bits per heavy atom. The van der Waals surface area contributed by atoms with Gasteiger partial charge in [0.2, 0.25) is 0 Å². The molecule has 132 valence electrons. The average molecular weight is 359 g/mol. The molecular formula is C17H22BN3O3S. The highest BCUT2D eigenvalue weighted by molar-refractivity contribution is 7.87. The van der Waals surface area contributed by atoms with Crippen LogP contribution in [0.25, 0.3) is 10.9 Å². The lowest BCUT2D eigenvalue weighted by Gasteiger charge is -2.22. The number of aromatic amines is 1. The summed E-state index contributed by atoms with van der Waals surface area (Å²) in [4.78, 5) is 15.4. The predicted molar refractivity (Wildman–Crippen MR) is 99.6 cm³/mol. The van der Waals surface area contributed by atoms with Crippen LogP contribution in [0, 0.1) is 0 Å². The molecule has 2 N–H and O–H groups in total. The zero-order valence-corrected chi connectivity index (χ0v) is 15.3. The Morgan fingerprint density at radius 3 is 2.56 bits per heavy atom. The molecule has 1 aromatic carbocycles. The van der Waals surface area contributed by atoms with Gasteiger partial charge in [0.1, 0.15) is 7.85 Å². The Morgan fingerprint density at radius 2 is 1.92 bits per heavy atom. The molecule has 1 aromatic heterocycles. The van der Waals surface area contributed by atoms with E-state index in [9.17, 15) is 13.2 Å². The van der Waals surface area contributed by atoms with Crippen LogP contribution in [0.2, 0.25) is 0 Å². The zero-order chi connectivity index (χ0) is 18.2. The largest absolute Gasteiger partial charge is 0.368 e. The lowest BCUT2D eigenvalue weighted by molar-refractivity contribution is 0.0980. The normalized spacial score (nSPS) is 16.4. The predicted octanol–water partition coefficient (Wildman–Crippen LogP) is 1.55. The lowest BCUT2D eigenvalue weighted by atomic mass is 9.80. The second-order valence-electron chi connectivity index (χ2n) is 6.77. The number of H-pyrrole nitrogens is 1. The number of hydrogen-bond acceptors (Lipinski definition) is 3. The highest BCUT2D eigenvalue weighted by Crippen LogP contribution is 2.35. The molecule has 1 heterocycles. The van der Waals surface area contributed by atoms with Crippen molar-refractivity contribution < 1.29 is 13.2 Å². The number of carbonyl (C=O) groups is 1. The molecule has 0 spiro atoms. The molecule has 2 radical (unpaired) electrons. The van der Waals surface area contributed by atoms with Gasteiger partial charge in [-0.1, -0.05) is 25.3 Å². The van der Waals surface area contributed by atoms with Crippen molar-refractivity contribution >= 4 is 40.5 Å². The third-order valence-corrected chi connectivity index (χ3v) is 6.25. The first-order valence-corrected chi connectivity index (χ1v) is 9.89. The van der Waals surface area contributed by atoms with Crippen LogP contribution in [0.1, 0.15) is 53.9 Å². The molecule has 0 unspecified atom stereocenters. The smallest absolute Gasteiger partial charge is 0.303 e. The highest BCUT2D eigenvalue weighted by atomic mass is 32.2. The van der Waals surface area contributed by atoms with E-state index in [2.05, 4.69) is 4.98 Å². The maximum absolute atomic E-state index is 12.2. The standard InChI is InChI=1S/C17H22BN3O3S/c1-21(2)25(23,24)20-17(22)12-8-9-13-14(10-12)19-16(18)15(13)11-6-4-3-5-7-11/h8-11,19H,3-7H2,1-2H3,(H,20,22). The van der Waals surface area contributed by atoms with Crippen molar-refractivity contribution in [3.8, 4) is 0 Å². The topological polar surface area (TPSA) is 82.3 Å². The van der Waals surface area contributed by atoms with Gasteiger partial charge in [-0.15, -0.1) is 0 Å². The SMILES string of the molecule is [B]c1[nH]c2cc(C(=O)NS(=O)(=O)N(C)C)ccc2c1C1CCCCC1. The Hall–Kier alpha value is -1.80. The molecule has 25 heavy (non-hydrogen) atoms. The van der Waals surface area contributed by atoms with E-state index in [1.807, 2.05) is 10.8 Å². The molecule has 0 saturated heterocycles. The third kappa shape index (κ3) is 3.60. The summed E-state index contributed by atoms with van der Waals surface area (Å²) in [5.74, 6) is -0.223. The fourth-order valence-electron chi connectivity index (χ4n) is 3.48. The van der Waals surface area contributed by atoms with Crippen molar-refractivity contribution in [3.63, 3.8) is 0 Å². The number of fused-ring (bicyclic) bond motifs is 1. The van der Waals surface area contributed by atoms with Gasteiger partial charge in [-0.3, -0.25) is 4.79 Å². The number of benzene rings is 1. The number of hydrogen-bond donors (Lipinski definition) is 2. The number of aromatic nitrogens is 1. The van der Waals surface area contributed by atoms with Crippen molar-refractivity contribution in [2.45, 2.75) is 38.0 Å². The van der Waals surface area contributed by atoms with Crippen LogP contribution in [-0.4, -0.2) is 45.6 Å². The van der Waals surface area contributed by atoms with Gasteiger partial charge < -0.3 is 4.98 Å². The average Bonchev–Trinajstić information content (AvgIpc) is 2.89. The van der Waals surface area contributed by atoms with Crippen molar-refractivity contribution in [3.05, 3.63) is 29.3 Å². The van der Waals surface area contributed by atoms with Crippen LogP contribution >= 0.6 is 0 Å². The minimum Gasteiger partial charge on any atom is -0.368 e. The zero-order valence-electron chi connectivity index (χ0n) is 14.5. The minimum absolute atomic E-state index is 0.273. The summed E-state index contributed by atoms with van der Waals surface area (Å²) in [6, 6.07) is 5.14. The van der Waals surface area contributed by atoms with E-state index < -0.39 is 16.1 Å². The van der Waals surface area contributed by atoms with E-state index >= 15 is 0 Å².